The summed E-state index contributed by atoms with van der Waals surface area (Å²) >= 11 is 6.07. The maximum absolute atomic E-state index is 14.0. The van der Waals surface area contributed by atoms with Crippen molar-refractivity contribution in [2.45, 2.75) is 69.2 Å². The minimum absolute atomic E-state index is 0.0258. The van der Waals surface area contributed by atoms with Crippen LogP contribution in [0.1, 0.15) is 56.1 Å². The second-order valence-electron chi connectivity index (χ2n) is 10.5. The summed E-state index contributed by atoms with van der Waals surface area (Å²) in [6, 6.07) is 7.06. The monoisotopic (exact) mass is 550 g/mol. The number of halogens is 4. The van der Waals surface area contributed by atoms with E-state index < -0.39 is 30.3 Å². The van der Waals surface area contributed by atoms with Crippen molar-refractivity contribution in [3.8, 4) is 0 Å². The van der Waals surface area contributed by atoms with Crippen LogP contribution in [0.3, 0.4) is 0 Å². The number of piperazine rings is 1. The van der Waals surface area contributed by atoms with Gasteiger partial charge in [0.1, 0.15) is 18.0 Å². The number of aromatic nitrogens is 2. The zero-order chi connectivity index (χ0) is 27.2. The molecule has 3 aliphatic heterocycles. The number of carbonyl (C=O) groups is 2. The molecule has 0 aliphatic carbocycles. The van der Waals surface area contributed by atoms with Gasteiger partial charge in [0, 0.05) is 49.2 Å². The summed E-state index contributed by atoms with van der Waals surface area (Å²) in [6.45, 7) is 5.24. The fraction of sp³-hybridized carbons (Fsp3) is 0.538. The van der Waals surface area contributed by atoms with Crippen molar-refractivity contribution in [2.75, 3.05) is 29.9 Å². The van der Waals surface area contributed by atoms with Crippen molar-refractivity contribution in [1.82, 2.24) is 20.2 Å². The lowest BCUT2D eigenvalue weighted by Gasteiger charge is -2.44. The van der Waals surface area contributed by atoms with Gasteiger partial charge in [0.05, 0.1) is 17.4 Å². The zero-order valence-corrected chi connectivity index (χ0v) is 21.9. The van der Waals surface area contributed by atoms with E-state index >= 15 is 0 Å². The van der Waals surface area contributed by atoms with Crippen LogP contribution in [0.15, 0.2) is 30.6 Å². The van der Waals surface area contributed by atoms with Crippen LogP contribution < -0.4 is 15.5 Å². The molecule has 12 heteroatoms. The molecular weight excluding hydrogens is 521 g/mol. The van der Waals surface area contributed by atoms with Crippen LogP contribution in [-0.4, -0.2) is 70.6 Å². The number of carbonyl (C=O) groups excluding carboxylic acids is 2. The molecule has 1 aromatic carbocycles. The quantitative estimate of drug-likeness (QED) is 0.563. The highest BCUT2D eigenvalue weighted by molar-refractivity contribution is 6.30. The van der Waals surface area contributed by atoms with Gasteiger partial charge in [0.25, 0.3) is 0 Å². The van der Waals surface area contributed by atoms with E-state index in [2.05, 4.69) is 20.6 Å². The van der Waals surface area contributed by atoms with Crippen LogP contribution in [0, 0.1) is 0 Å². The Kier molecular flexibility index (Phi) is 7.25. The second-order valence-corrected chi connectivity index (χ2v) is 10.9. The molecule has 1 aromatic heterocycles. The molecule has 204 valence electrons. The molecule has 2 fully saturated rings. The molecule has 5 rings (SSSR count). The Hall–Kier alpha value is -2.92. The van der Waals surface area contributed by atoms with Crippen molar-refractivity contribution in [3.63, 3.8) is 0 Å². The summed E-state index contributed by atoms with van der Waals surface area (Å²) in [4.78, 5) is 37.8. The summed E-state index contributed by atoms with van der Waals surface area (Å²) in [5, 5.41) is 6.43. The predicted octanol–water partition coefficient (Wildman–Crippen LogP) is 4.08. The van der Waals surface area contributed by atoms with Gasteiger partial charge in [-0.3, -0.25) is 9.59 Å². The molecule has 38 heavy (non-hydrogen) atoms. The van der Waals surface area contributed by atoms with Crippen molar-refractivity contribution >= 4 is 35.1 Å². The van der Waals surface area contributed by atoms with Gasteiger partial charge in [-0.25, -0.2) is 9.97 Å². The predicted molar refractivity (Wildman–Crippen MR) is 137 cm³/mol. The summed E-state index contributed by atoms with van der Waals surface area (Å²) in [5.74, 6) is -3.02. The molecule has 2 bridgehead atoms. The molecule has 0 saturated carbocycles. The third kappa shape index (κ3) is 5.18. The highest BCUT2D eigenvalue weighted by Crippen LogP contribution is 2.48. The molecular formula is C26H30ClF3N6O2. The number of nitrogens with zero attached hydrogens (tertiary/aromatic N) is 4. The number of hydrogen-bond donors (Lipinski definition) is 2. The van der Waals surface area contributed by atoms with Gasteiger partial charge in [-0.15, -0.1) is 0 Å². The van der Waals surface area contributed by atoms with E-state index in [1.165, 1.54) is 6.33 Å². The Balaban J connectivity index is 1.42. The number of rotatable bonds is 6. The summed E-state index contributed by atoms with van der Waals surface area (Å²) in [6.07, 6.45) is -2.66. The maximum Gasteiger partial charge on any atom is 0.396 e. The molecule has 2 amide bonds. The minimum Gasteiger partial charge on any atom is -0.347 e. The van der Waals surface area contributed by atoms with Gasteiger partial charge >= 0.3 is 6.18 Å². The number of hydrogen-bond acceptors (Lipinski definition) is 6. The second kappa shape index (κ2) is 10.3. The molecule has 2 N–H and O–H groups in total. The molecule has 3 aliphatic rings. The molecule has 2 aromatic rings. The smallest absolute Gasteiger partial charge is 0.347 e. The Morgan fingerprint density at radius 2 is 1.82 bits per heavy atom. The van der Waals surface area contributed by atoms with E-state index in [-0.39, 0.29) is 41.2 Å². The third-order valence-electron chi connectivity index (χ3n) is 7.59. The average Bonchev–Trinajstić information content (AvgIpc) is 3.11. The van der Waals surface area contributed by atoms with Crippen LogP contribution in [-0.2, 0) is 9.59 Å². The number of nitrogens with one attached hydrogen (secondary N) is 2. The van der Waals surface area contributed by atoms with Gasteiger partial charge in [-0.2, -0.15) is 13.2 Å². The first-order valence-corrected chi connectivity index (χ1v) is 13.2. The first-order valence-electron chi connectivity index (χ1n) is 12.8. The van der Waals surface area contributed by atoms with E-state index in [0.29, 0.717) is 24.7 Å². The van der Waals surface area contributed by atoms with Crippen molar-refractivity contribution in [2.24, 2.45) is 0 Å². The van der Waals surface area contributed by atoms with E-state index in [4.69, 9.17) is 11.6 Å². The SMILES string of the molecule is CC(C)NC[C@@H](C(=O)N1CC2CCC(C1)N2c1ncnc2c1[C@@H](C(F)(F)F)CC(=O)N2)c1ccc(Cl)cc1. The van der Waals surface area contributed by atoms with Crippen molar-refractivity contribution in [1.29, 1.82) is 0 Å². The average molecular weight is 551 g/mol. The highest BCUT2D eigenvalue weighted by Gasteiger charge is 2.50. The third-order valence-corrected chi connectivity index (χ3v) is 7.84. The number of benzene rings is 1. The van der Waals surface area contributed by atoms with Crippen LogP contribution >= 0.6 is 11.6 Å². The van der Waals surface area contributed by atoms with Crippen molar-refractivity contribution in [3.05, 3.63) is 46.7 Å². The topological polar surface area (TPSA) is 90.5 Å². The van der Waals surface area contributed by atoms with Gasteiger partial charge in [-0.1, -0.05) is 37.6 Å². The lowest BCUT2D eigenvalue weighted by Crippen LogP contribution is -2.57. The first kappa shape index (κ1) is 26.7. The summed E-state index contributed by atoms with van der Waals surface area (Å²) < 4.78 is 42.0. The van der Waals surface area contributed by atoms with Crippen LogP contribution in [0.2, 0.25) is 5.02 Å². The van der Waals surface area contributed by atoms with Crippen molar-refractivity contribution < 1.29 is 22.8 Å². The normalized spacial score (nSPS) is 23.9. The molecule has 2 saturated heterocycles. The number of likely N-dealkylation sites (tertiary alicyclic amines) is 1. The lowest BCUT2D eigenvalue weighted by atomic mass is 9.91. The molecule has 0 spiro atoms. The standard InChI is InChI=1S/C26H30ClF3N6O2/c1-14(2)31-10-19(15-3-5-16(27)6-4-15)25(38)35-11-17-7-8-18(12-35)36(17)24-22-20(26(28,29)30)9-21(37)34-23(22)32-13-33-24/h3-6,13-14,17-20,31H,7-12H2,1-2H3,(H,32,33,34,37)/t17?,18?,19-,20+/m1/s1. The Morgan fingerprint density at radius 1 is 1.16 bits per heavy atom. The lowest BCUT2D eigenvalue weighted by molar-refractivity contribution is -0.156. The molecule has 2 unspecified atom stereocenters. The Morgan fingerprint density at radius 3 is 2.42 bits per heavy atom. The van der Waals surface area contributed by atoms with Crippen LogP contribution in [0.4, 0.5) is 24.8 Å². The van der Waals surface area contributed by atoms with E-state index in [1.807, 2.05) is 35.8 Å². The number of fused-ring (bicyclic) bond motifs is 3. The summed E-state index contributed by atoms with van der Waals surface area (Å²) in [7, 11) is 0. The summed E-state index contributed by atoms with van der Waals surface area (Å²) in [5.41, 5.74) is 0.771. The van der Waals surface area contributed by atoms with Gasteiger partial charge < -0.3 is 20.4 Å². The fourth-order valence-corrected chi connectivity index (χ4v) is 5.93. The minimum atomic E-state index is -4.61. The number of alkyl halides is 3. The highest BCUT2D eigenvalue weighted by atomic mass is 35.5. The van der Waals surface area contributed by atoms with Gasteiger partial charge in [0.15, 0.2) is 0 Å². The largest absolute Gasteiger partial charge is 0.396 e. The fourth-order valence-electron chi connectivity index (χ4n) is 5.81. The van der Waals surface area contributed by atoms with Gasteiger partial charge in [0.2, 0.25) is 11.8 Å². The van der Waals surface area contributed by atoms with Crippen LogP contribution in [0.5, 0.6) is 0 Å². The number of anilines is 2. The number of amides is 2. The molecule has 0 radical (unpaired) electrons. The van der Waals surface area contributed by atoms with E-state index in [0.717, 1.165) is 18.4 Å². The van der Waals surface area contributed by atoms with E-state index in [9.17, 15) is 22.8 Å². The molecule has 4 heterocycles. The Bertz CT molecular complexity index is 1190. The van der Waals surface area contributed by atoms with E-state index in [1.54, 1.807) is 12.1 Å². The first-order chi connectivity index (χ1) is 18.0. The molecule has 8 nitrogen and oxygen atoms in total. The molecule has 4 atom stereocenters. The Labute approximate surface area is 223 Å². The van der Waals surface area contributed by atoms with Gasteiger partial charge in [-0.05, 0) is 30.5 Å². The maximum atomic E-state index is 14.0. The zero-order valence-electron chi connectivity index (χ0n) is 21.1. The van der Waals surface area contributed by atoms with Crippen LogP contribution in [0.25, 0.3) is 0 Å².